The van der Waals surface area contributed by atoms with Gasteiger partial charge in [0, 0.05) is 0 Å². The standard InChI is InChI=1S/C18H32N2O5/c1-9-12(4)14(20-17(23)25-18(5,6)7)15(21)19-13(10-11(2)3)16(22)24-8/h11,13H,9-10H2,1-8H3,(H,19,21)(H,20,23)/b14-12+/t13-/m0/s1. The fraction of sp³-hybridized carbons (Fsp3) is 0.722. The maximum Gasteiger partial charge on any atom is 0.412 e. The highest BCUT2D eigenvalue weighted by atomic mass is 16.6. The Labute approximate surface area is 150 Å². The number of allylic oxidation sites excluding steroid dienone is 1. The zero-order chi connectivity index (χ0) is 19.8. The van der Waals surface area contributed by atoms with Crippen molar-refractivity contribution < 1.29 is 23.9 Å². The molecule has 0 fully saturated rings. The highest BCUT2D eigenvalue weighted by molar-refractivity contribution is 5.99. The monoisotopic (exact) mass is 356 g/mol. The van der Waals surface area contributed by atoms with E-state index in [9.17, 15) is 14.4 Å². The van der Waals surface area contributed by atoms with Crippen LogP contribution in [0, 0.1) is 5.92 Å². The fourth-order valence-electron chi connectivity index (χ4n) is 2.00. The zero-order valence-corrected chi connectivity index (χ0v) is 16.6. The van der Waals surface area contributed by atoms with Gasteiger partial charge in [-0.05, 0) is 52.0 Å². The van der Waals surface area contributed by atoms with Gasteiger partial charge in [-0.15, -0.1) is 0 Å². The first-order chi connectivity index (χ1) is 11.4. The van der Waals surface area contributed by atoms with Gasteiger partial charge in [0.2, 0.25) is 0 Å². The first-order valence-electron chi connectivity index (χ1n) is 8.49. The molecule has 0 spiro atoms. The van der Waals surface area contributed by atoms with Gasteiger partial charge in [-0.3, -0.25) is 10.1 Å². The lowest BCUT2D eigenvalue weighted by Gasteiger charge is -2.23. The van der Waals surface area contributed by atoms with Crippen molar-refractivity contribution in [1.29, 1.82) is 0 Å². The van der Waals surface area contributed by atoms with Crippen molar-refractivity contribution in [1.82, 2.24) is 10.6 Å². The Bertz CT molecular complexity index is 518. The Hall–Kier alpha value is -2.05. The molecule has 0 saturated carbocycles. The first kappa shape index (κ1) is 22.9. The molecule has 2 amide bonds. The highest BCUT2D eigenvalue weighted by Crippen LogP contribution is 2.12. The molecule has 2 N–H and O–H groups in total. The number of amides is 2. The summed E-state index contributed by atoms with van der Waals surface area (Å²) in [7, 11) is 1.27. The number of carbonyl (C=O) groups excluding carboxylic acids is 3. The van der Waals surface area contributed by atoms with Crippen molar-refractivity contribution in [3.63, 3.8) is 0 Å². The number of rotatable bonds is 7. The second-order valence-corrected chi connectivity index (χ2v) is 7.31. The van der Waals surface area contributed by atoms with Crippen molar-refractivity contribution in [2.45, 2.75) is 73.0 Å². The number of carbonyl (C=O) groups is 3. The van der Waals surface area contributed by atoms with Crippen molar-refractivity contribution >= 4 is 18.0 Å². The number of alkyl carbamates (subject to hydrolysis) is 1. The van der Waals surface area contributed by atoms with E-state index in [0.29, 0.717) is 18.4 Å². The summed E-state index contributed by atoms with van der Waals surface area (Å²) in [5, 5.41) is 5.13. The van der Waals surface area contributed by atoms with E-state index in [1.165, 1.54) is 7.11 Å². The number of hydrogen-bond donors (Lipinski definition) is 2. The molecule has 144 valence electrons. The molecule has 0 aromatic rings. The molecule has 0 aliphatic carbocycles. The maximum atomic E-state index is 12.6. The molecule has 0 aromatic carbocycles. The van der Waals surface area contributed by atoms with Gasteiger partial charge in [0.15, 0.2) is 0 Å². The van der Waals surface area contributed by atoms with Crippen LogP contribution in [0.2, 0.25) is 0 Å². The molecule has 1 atom stereocenters. The van der Waals surface area contributed by atoms with Crippen molar-refractivity contribution in [2.75, 3.05) is 7.11 Å². The molecule has 0 heterocycles. The quantitative estimate of drug-likeness (QED) is 0.540. The van der Waals surface area contributed by atoms with Gasteiger partial charge in [0.25, 0.3) is 5.91 Å². The van der Waals surface area contributed by atoms with Gasteiger partial charge in [-0.2, -0.15) is 0 Å². The summed E-state index contributed by atoms with van der Waals surface area (Å²) in [5.74, 6) is -0.878. The van der Waals surface area contributed by atoms with Gasteiger partial charge in [-0.1, -0.05) is 20.8 Å². The van der Waals surface area contributed by atoms with E-state index in [0.717, 1.165) is 0 Å². The van der Waals surface area contributed by atoms with Gasteiger partial charge in [0.05, 0.1) is 7.11 Å². The van der Waals surface area contributed by atoms with Crippen LogP contribution in [0.15, 0.2) is 11.3 Å². The van der Waals surface area contributed by atoms with Crippen molar-refractivity contribution in [3.8, 4) is 0 Å². The topological polar surface area (TPSA) is 93.7 Å². The Morgan fingerprint density at radius 3 is 2.08 bits per heavy atom. The fourth-order valence-corrected chi connectivity index (χ4v) is 2.00. The average molecular weight is 356 g/mol. The van der Waals surface area contributed by atoms with Crippen LogP contribution in [0.4, 0.5) is 4.79 Å². The second kappa shape index (κ2) is 10.1. The van der Waals surface area contributed by atoms with E-state index in [2.05, 4.69) is 10.6 Å². The molecule has 0 unspecified atom stereocenters. The molecule has 0 saturated heterocycles. The third kappa shape index (κ3) is 9.12. The lowest BCUT2D eigenvalue weighted by Crippen LogP contribution is -2.46. The molecule has 7 nitrogen and oxygen atoms in total. The molecular formula is C18H32N2O5. The Morgan fingerprint density at radius 2 is 1.68 bits per heavy atom. The van der Waals surface area contributed by atoms with Gasteiger partial charge in [0.1, 0.15) is 17.3 Å². The van der Waals surface area contributed by atoms with Crippen LogP contribution < -0.4 is 10.6 Å². The van der Waals surface area contributed by atoms with Gasteiger partial charge < -0.3 is 14.8 Å². The Balaban J connectivity index is 5.31. The molecule has 7 heteroatoms. The average Bonchev–Trinajstić information content (AvgIpc) is 2.48. The number of nitrogens with one attached hydrogen (secondary N) is 2. The molecule has 0 bridgehead atoms. The number of esters is 1. The minimum atomic E-state index is -0.780. The van der Waals surface area contributed by atoms with Crippen LogP contribution >= 0.6 is 0 Å². The van der Waals surface area contributed by atoms with Crippen LogP contribution in [-0.4, -0.2) is 36.7 Å². The maximum absolute atomic E-state index is 12.6. The normalized spacial score (nSPS) is 13.6. The minimum absolute atomic E-state index is 0.0920. The SMILES string of the molecule is CC/C(C)=C(/NC(=O)OC(C)(C)C)C(=O)N[C@@H](CC(C)C)C(=O)OC. The summed E-state index contributed by atoms with van der Waals surface area (Å²) in [6, 6.07) is -0.780. The van der Waals surface area contributed by atoms with Crippen LogP contribution in [0.1, 0.15) is 61.3 Å². The molecule has 0 aliphatic rings. The summed E-state index contributed by atoms with van der Waals surface area (Å²) < 4.78 is 9.94. The van der Waals surface area contributed by atoms with E-state index in [4.69, 9.17) is 9.47 Å². The molecule has 0 aromatic heterocycles. The van der Waals surface area contributed by atoms with Crippen molar-refractivity contribution in [2.24, 2.45) is 5.92 Å². The number of methoxy groups -OCH3 is 1. The summed E-state index contributed by atoms with van der Waals surface area (Å²) in [6.07, 6.45) is 0.276. The van der Waals surface area contributed by atoms with Crippen LogP contribution in [0.5, 0.6) is 0 Å². The van der Waals surface area contributed by atoms with Gasteiger partial charge in [-0.25, -0.2) is 9.59 Å². The Kier molecular flexibility index (Phi) is 9.23. The molecule has 0 aliphatic heterocycles. The van der Waals surface area contributed by atoms with Crippen LogP contribution in [0.3, 0.4) is 0 Å². The first-order valence-corrected chi connectivity index (χ1v) is 8.49. The predicted octanol–water partition coefficient (Wildman–Crippen LogP) is 2.90. The number of ether oxygens (including phenoxy) is 2. The summed E-state index contributed by atoms with van der Waals surface area (Å²) in [4.78, 5) is 36.5. The minimum Gasteiger partial charge on any atom is -0.467 e. The van der Waals surface area contributed by atoms with E-state index in [1.807, 2.05) is 20.8 Å². The zero-order valence-electron chi connectivity index (χ0n) is 16.6. The second-order valence-electron chi connectivity index (χ2n) is 7.31. The van der Waals surface area contributed by atoms with Gasteiger partial charge >= 0.3 is 12.1 Å². The molecular weight excluding hydrogens is 324 g/mol. The van der Waals surface area contributed by atoms with Crippen LogP contribution in [0.25, 0.3) is 0 Å². The van der Waals surface area contributed by atoms with E-state index >= 15 is 0 Å². The summed E-state index contributed by atoms with van der Waals surface area (Å²) >= 11 is 0. The van der Waals surface area contributed by atoms with Crippen LogP contribution in [-0.2, 0) is 19.1 Å². The molecule has 25 heavy (non-hydrogen) atoms. The third-order valence-electron chi connectivity index (χ3n) is 3.31. The van der Waals surface area contributed by atoms with E-state index < -0.39 is 29.6 Å². The lowest BCUT2D eigenvalue weighted by atomic mass is 10.0. The third-order valence-corrected chi connectivity index (χ3v) is 3.31. The number of hydrogen-bond acceptors (Lipinski definition) is 5. The largest absolute Gasteiger partial charge is 0.467 e. The molecule has 0 rings (SSSR count). The molecule has 0 radical (unpaired) electrons. The summed E-state index contributed by atoms with van der Waals surface area (Å²) in [5.41, 5.74) is 0.0868. The lowest BCUT2D eigenvalue weighted by molar-refractivity contribution is -0.145. The Morgan fingerprint density at radius 1 is 1.12 bits per heavy atom. The predicted molar refractivity (Wildman–Crippen MR) is 95.8 cm³/mol. The van der Waals surface area contributed by atoms with E-state index in [1.54, 1.807) is 27.7 Å². The highest BCUT2D eigenvalue weighted by Gasteiger charge is 2.26. The van der Waals surface area contributed by atoms with Crippen molar-refractivity contribution in [3.05, 3.63) is 11.3 Å². The summed E-state index contributed by atoms with van der Waals surface area (Å²) in [6.45, 7) is 12.7. The van der Waals surface area contributed by atoms with E-state index in [-0.39, 0.29) is 11.6 Å². The smallest absolute Gasteiger partial charge is 0.412 e.